The second kappa shape index (κ2) is 7.75. The molecule has 0 aromatic rings. The van der Waals surface area contributed by atoms with Gasteiger partial charge in [-0.15, -0.1) is 0 Å². The van der Waals surface area contributed by atoms with E-state index < -0.39 is 11.7 Å². The molecule has 0 saturated heterocycles. The van der Waals surface area contributed by atoms with Gasteiger partial charge in [-0.05, 0) is 81.6 Å². The van der Waals surface area contributed by atoms with E-state index in [4.69, 9.17) is 5.73 Å². The Labute approximate surface area is 149 Å². The predicted molar refractivity (Wildman–Crippen MR) is 94.3 cm³/mol. The van der Waals surface area contributed by atoms with E-state index in [-0.39, 0.29) is 11.6 Å². The summed E-state index contributed by atoms with van der Waals surface area (Å²) in [6, 6.07) is -0.0402. The van der Waals surface area contributed by atoms with Crippen LogP contribution in [0.15, 0.2) is 11.9 Å². The predicted octanol–water partition coefficient (Wildman–Crippen LogP) is 3.15. The molecular formula is C19H30FN3O2. The summed E-state index contributed by atoms with van der Waals surface area (Å²) < 4.78 is 12.9. The molecule has 4 fully saturated rings. The number of primary amides is 1. The third kappa shape index (κ3) is 4.73. The Bertz CT molecular complexity index is 512. The molecular weight excluding hydrogens is 321 g/mol. The molecule has 0 aliphatic heterocycles. The number of hydrogen-bond donors (Lipinski definition) is 3. The fourth-order valence-electron chi connectivity index (χ4n) is 5.53. The number of amides is 3. The van der Waals surface area contributed by atoms with Crippen LogP contribution in [0.1, 0.15) is 64.2 Å². The first-order chi connectivity index (χ1) is 12.0. The van der Waals surface area contributed by atoms with Crippen LogP contribution in [0.3, 0.4) is 0 Å². The lowest BCUT2D eigenvalue weighted by molar-refractivity contribution is -0.115. The van der Waals surface area contributed by atoms with Crippen molar-refractivity contribution in [1.29, 1.82) is 0 Å². The summed E-state index contributed by atoms with van der Waals surface area (Å²) in [6.45, 7) is 0.625. The Hall–Kier alpha value is -1.59. The number of nitrogens with two attached hydrogens (primary N) is 1. The standard InChI is InChI=1S/C19H30FN3O2/c20-16(17(21)24)5-3-1-2-4-6-22-18(25)23-19-10-13-7-14(11-19)9-15(8-13)12-19/h5,13-15H,1-4,6-12H2,(H2,21,24)(H2,22,23,25)/b16-5-. The van der Waals surface area contributed by atoms with E-state index in [1.165, 1.54) is 25.3 Å². The van der Waals surface area contributed by atoms with Crippen molar-refractivity contribution in [3.05, 3.63) is 11.9 Å². The van der Waals surface area contributed by atoms with Gasteiger partial charge in [0.15, 0.2) is 5.83 Å². The molecule has 0 aromatic carbocycles. The number of nitrogens with one attached hydrogen (secondary N) is 2. The highest BCUT2D eigenvalue weighted by atomic mass is 19.1. The molecule has 25 heavy (non-hydrogen) atoms. The van der Waals surface area contributed by atoms with E-state index in [9.17, 15) is 14.0 Å². The van der Waals surface area contributed by atoms with Crippen molar-refractivity contribution in [2.75, 3.05) is 6.54 Å². The van der Waals surface area contributed by atoms with Gasteiger partial charge >= 0.3 is 6.03 Å². The summed E-state index contributed by atoms with van der Waals surface area (Å²) in [7, 11) is 0. The van der Waals surface area contributed by atoms with E-state index >= 15 is 0 Å². The highest BCUT2D eigenvalue weighted by Crippen LogP contribution is 2.55. The largest absolute Gasteiger partial charge is 0.364 e. The minimum atomic E-state index is -1.01. The third-order valence-corrected chi connectivity index (χ3v) is 6.14. The number of unbranched alkanes of at least 4 members (excludes halogenated alkanes) is 3. The quantitative estimate of drug-likeness (QED) is 0.463. The van der Waals surface area contributed by atoms with Gasteiger partial charge < -0.3 is 16.4 Å². The van der Waals surface area contributed by atoms with Crippen LogP contribution in [0.2, 0.25) is 0 Å². The van der Waals surface area contributed by atoms with E-state index in [0.29, 0.717) is 13.0 Å². The van der Waals surface area contributed by atoms with Crippen molar-refractivity contribution in [1.82, 2.24) is 10.6 Å². The third-order valence-electron chi connectivity index (χ3n) is 6.14. The minimum absolute atomic E-state index is 0.0402. The van der Waals surface area contributed by atoms with Crippen LogP contribution in [0.4, 0.5) is 9.18 Å². The molecule has 0 aromatic heterocycles. The van der Waals surface area contributed by atoms with Crippen LogP contribution in [0, 0.1) is 17.8 Å². The van der Waals surface area contributed by atoms with Gasteiger partial charge in [0, 0.05) is 12.1 Å². The topological polar surface area (TPSA) is 84.2 Å². The molecule has 5 nitrogen and oxygen atoms in total. The van der Waals surface area contributed by atoms with E-state index in [1.807, 2.05) is 0 Å². The number of allylic oxidation sites excluding steroid dienone is 1. The lowest BCUT2D eigenvalue weighted by Gasteiger charge is -2.56. The molecule has 4 N–H and O–H groups in total. The Kier molecular flexibility index (Phi) is 5.64. The molecule has 0 heterocycles. The van der Waals surface area contributed by atoms with Crippen molar-refractivity contribution in [2.45, 2.75) is 69.7 Å². The Balaban J connectivity index is 1.30. The van der Waals surface area contributed by atoms with Crippen molar-refractivity contribution in [2.24, 2.45) is 23.5 Å². The van der Waals surface area contributed by atoms with Crippen molar-refractivity contribution in [3.63, 3.8) is 0 Å². The van der Waals surface area contributed by atoms with Crippen LogP contribution >= 0.6 is 0 Å². The fraction of sp³-hybridized carbons (Fsp3) is 0.789. The lowest BCUT2D eigenvalue weighted by atomic mass is 9.53. The number of halogens is 1. The number of rotatable bonds is 8. The Morgan fingerprint density at radius 3 is 2.20 bits per heavy atom. The van der Waals surface area contributed by atoms with Gasteiger partial charge in [-0.2, -0.15) is 0 Å². The first kappa shape index (κ1) is 18.2. The maximum absolute atomic E-state index is 12.9. The summed E-state index contributed by atoms with van der Waals surface area (Å²) >= 11 is 0. The normalized spacial score (nSPS) is 33.3. The van der Waals surface area contributed by atoms with Crippen LogP contribution in [-0.4, -0.2) is 24.0 Å². The van der Waals surface area contributed by atoms with Gasteiger partial charge in [-0.25, -0.2) is 9.18 Å². The lowest BCUT2D eigenvalue weighted by Crippen LogP contribution is -2.61. The molecule has 0 unspecified atom stereocenters. The molecule has 4 aliphatic carbocycles. The first-order valence-corrected chi connectivity index (χ1v) is 9.67. The summed E-state index contributed by atoms with van der Waals surface area (Å²) in [5.41, 5.74) is 4.87. The highest BCUT2D eigenvalue weighted by molar-refractivity contribution is 5.89. The SMILES string of the molecule is NC(=O)/C(F)=C/CCCCCNC(=O)NC12CC3CC(CC(C3)C1)C2. The smallest absolute Gasteiger partial charge is 0.315 e. The molecule has 0 radical (unpaired) electrons. The Morgan fingerprint density at radius 2 is 1.64 bits per heavy atom. The zero-order chi connectivity index (χ0) is 17.9. The van der Waals surface area contributed by atoms with Gasteiger partial charge in [-0.3, -0.25) is 4.79 Å². The number of hydrogen-bond acceptors (Lipinski definition) is 2. The number of carbonyl (C=O) groups excluding carboxylic acids is 2. The summed E-state index contributed by atoms with van der Waals surface area (Å²) in [5.74, 6) is 0.581. The van der Waals surface area contributed by atoms with Crippen LogP contribution in [-0.2, 0) is 4.79 Å². The Morgan fingerprint density at radius 1 is 1.04 bits per heavy atom. The average Bonchev–Trinajstić information content (AvgIpc) is 2.51. The van der Waals surface area contributed by atoms with Gasteiger partial charge in [0.2, 0.25) is 0 Å². The highest BCUT2D eigenvalue weighted by Gasteiger charge is 2.51. The van der Waals surface area contributed by atoms with Crippen LogP contribution in [0.25, 0.3) is 0 Å². The molecule has 4 bridgehead atoms. The number of urea groups is 1. The molecule has 0 atom stereocenters. The van der Waals surface area contributed by atoms with Gasteiger partial charge in [-0.1, -0.05) is 6.42 Å². The van der Waals surface area contributed by atoms with Crippen LogP contribution < -0.4 is 16.4 Å². The van der Waals surface area contributed by atoms with E-state index in [0.717, 1.165) is 56.3 Å². The summed E-state index contributed by atoms with van der Waals surface area (Å²) in [4.78, 5) is 22.8. The average molecular weight is 351 g/mol. The number of carbonyl (C=O) groups is 2. The van der Waals surface area contributed by atoms with Gasteiger partial charge in [0.1, 0.15) is 0 Å². The zero-order valence-electron chi connectivity index (χ0n) is 14.9. The van der Waals surface area contributed by atoms with E-state index in [2.05, 4.69) is 10.6 Å². The second-order valence-electron chi connectivity index (χ2n) is 8.34. The van der Waals surface area contributed by atoms with E-state index in [1.54, 1.807) is 0 Å². The van der Waals surface area contributed by atoms with Crippen molar-refractivity contribution in [3.8, 4) is 0 Å². The van der Waals surface area contributed by atoms with Gasteiger partial charge in [0.05, 0.1) is 0 Å². The molecule has 0 spiro atoms. The van der Waals surface area contributed by atoms with Gasteiger partial charge in [0.25, 0.3) is 5.91 Å². The molecule has 4 aliphatic rings. The minimum Gasteiger partial charge on any atom is -0.364 e. The first-order valence-electron chi connectivity index (χ1n) is 9.67. The summed E-state index contributed by atoms with van der Waals surface area (Å²) in [6.07, 6.45) is 11.8. The van der Waals surface area contributed by atoms with Crippen molar-refractivity contribution < 1.29 is 14.0 Å². The molecule has 6 heteroatoms. The summed E-state index contributed by atoms with van der Waals surface area (Å²) in [5, 5.41) is 6.26. The molecule has 140 valence electrons. The molecule has 4 saturated carbocycles. The van der Waals surface area contributed by atoms with Crippen LogP contribution in [0.5, 0.6) is 0 Å². The second-order valence-corrected chi connectivity index (χ2v) is 8.34. The maximum Gasteiger partial charge on any atom is 0.315 e. The maximum atomic E-state index is 12.9. The monoisotopic (exact) mass is 351 g/mol. The fourth-order valence-corrected chi connectivity index (χ4v) is 5.53. The molecule has 3 amide bonds. The van der Waals surface area contributed by atoms with Crippen molar-refractivity contribution >= 4 is 11.9 Å². The zero-order valence-corrected chi connectivity index (χ0v) is 14.9. The molecule has 4 rings (SSSR count).